The van der Waals surface area contributed by atoms with Crippen LogP contribution in [0.3, 0.4) is 0 Å². The Balaban J connectivity index is 1.47. The van der Waals surface area contributed by atoms with Crippen molar-refractivity contribution in [2.75, 3.05) is 10.6 Å². The van der Waals surface area contributed by atoms with Gasteiger partial charge in [-0.1, -0.05) is 58.9 Å². The van der Waals surface area contributed by atoms with Gasteiger partial charge < -0.3 is 10.6 Å². The van der Waals surface area contributed by atoms with Gasteiger partial charge in [-0.3, -0.25) is 14.0 Å². The van der Waals surface area contributed by atoms with Gasteiger partial charge in [0.2, 0.25) is 11.8 Å². The van der Waals surface area contributed by atoms with E-state index in [1.807, 2.05) is 56.4 Å². The summed E-state index contributed by atoms with van der Waals surface area (Å²) in [7, 11) is 0. The average Bonchev–Trinajstić information content (AvgIpc) is 3.32. The summed E-state index contributed by atoms with van der Waals surface area (Å²) in [6.45, 7) is 5.49. The Kier molecular flexibility index (Phi) is 5.63. The maximum Gasteiger partial charge on any atom is 0.228 e. The minimum atomic E-state index is -0.202. The quantitative estimate of drug-likeness (QED) is 0.334. The van der Waals surface area contributed by atoms with E-state index < -0.39 is 0 Å². The highest BCUT2D eigenvalue weighted by Gasteiger charge is 2.14. The molecule has 2 N–H and O–H groups in total. The van der Waals surface area contributed by atoms with Crippen LogP contribution in [-0.2, 0) is 16.0 Å². The fourth-order valence-corrected chi connectivity index (χ4v) is 5.25. The van der Waals surface area contributed by atoms with E-state index in [1.165, 1.54) is 11.6 Å². The topological polar surface area (TPSA) is 75.5 Å². The predicted octanol–water partition coefficient (Wildman–Crippen LogP) is 5.97. The number of carbonyl (C=O) groups is 2. The zero-order chi connectivity index (χ0) is 23.8. The highest BCUT2D eigenvalue weighted by atomic mass is 32.1. The Morgan fingerprint density at radius 2 is 1.71 bits per heavy atom. The van der Waals surface area contributed by atoms with Crippen LogP contribution < -0.4 is 10.6 Å². The van der Waals surface area contributed by atoms with E-state index in [-0.39, 0.29) is 18.2 Å². The molecule has 0 bridgehead atoms. The predicted molar refractivity (Wildman–Crippen MR) is 139 cm³/mol. The third kappa shape index (κ3) is 4.43. The van der Waals surface area contributed by atoms with Crippen LogP contribution in [0.1, 0.15) is 23.6 Å². The van der Waals surface area contributed by atoms with Crippen molar-refractivity contribution in [3.63, 3.8) is 0 Å². The van der Waals surface area contributed by atoms with Crippen molar-refractivity contribution in [1.82, 2.24) is 9.38 Å². The number of amides is 2. The largest absolute Gasteiger partial charge is 0.325 e. The summed E-state index contributed by atoms with van der Waals surface area (Å²) < 4.78 is 3.26. The molecule has 170 valence electrons. The van der Waals surface area contributed by atoms with E-state index in [2.05, 4.69) is 33.2 Å². The summed E-state index contributed by atoms with van der Waals surface area (Å²) in [5.41, 5.74) is 7.06. The molecule has 7 heteroatoms. The number of anilines is 2. The average molecular weight is 469 g/mol. The molecule has 0 atom stereocenters. The van der Waals surface area contributed by atoms with Gasteiger partial charge in [0.25, 0.3) is 0 Å². The first-order valence-electron chi connectivity index (χ1n) is 11.0. The standard InChI is InChI=1S/C27H24N4O2S/c1-16-10-17(2)12-19(11-16)13-26(33)29-22-14-20(8-9-21(22)28-18(3)32)23-15-31-24-6-4-5-7-25(24)34-27(31)30-23/h4-12,14-15H,13H2,1-3H3,(H,28,32)(H,29,33). The van der Waals surface area contributed by atoms with Crippen molar-refractivity contribution in [3.8, 4) is 11.3 Å². The molecule has 0 radical (unpaired) electrons. The molecule has 0 saturated heterocycles. The molecule has 34 heavy (non-hydrogen) atoms. The van der Waals surface area contributed by atoms with Crippen LogP contribution in [-0.4, -0.2) is 21.2 Å². The second kappa shape index (κ2) is 8.76. The van der Waals surface area contributed by atoms with Crippen LogP contribution in [0.4, 0.5) is 11.4 Å². The van der Waals surface area contributed by atoms with Gasteiger partial charge in [0, 0.05) is 18.7 Å². The third-order valence-electron chi connectivity index (χ3n) is 5.55. The molecule has 0 aliphatic rings. The van der Waals surface area contributed by atoms with Gasteiger partial charge in [-0.25, -0.2) is 4.98 Å². The number of nitrogens with one attached hydrogen (secondary N) is 2. The molecule has 6 nitrogen and oxygen atoms in total. The van der Waals surface area contributed by atoms with Gasteiger partial charge in [-0.15, -0.1) is 0 Å². The van der Waals surface area contributed by atoms with Gasteiger partial charge in [0.05, 0.1) is 33.7 Å². The number of aryl methyl sites for hydroxylation is 2. The van der Waals surface area contributed by atoms with E-state index >= 15 is 0 Å². The molecule has 0 spiro atoms. The fraction of sp³-hybridized carbons (Fsp3) is 0.148. The third-order valence-corrected chi connectivity index (χ3v) is 6.58. The second-order valence-electron chi connectivity index (χ2n) is 8.51. The lowest BCUT2D eigenvalue weighted by Gasteiger charge is -2.13. The van der Waals surface area contributed by atoms with E-state index in [0.29, 0.717) is 11.4 Å². The molecule has 0 fully saturated rings. The number of imidazole rings is 1. The molecule has 5 rings (SSSR count). The van der Waals surface area contributed by atoms with Crippen LogP contribution in [0.25, 0.3) is 26.4 Å². The van der Waals surface area contributed by atoms with Gasteiger partial charge >= 0.3 is 0 Å². The van der Waals surface area contributed by atoms with Crippen molar-refractivity contribution in [2.45, 2.75) is 27.2 Å². The second-order valence-corrected chi connectivity index (χ2v) is 9.52. The van der Waals surface area contributed by atoms with Gasteiger partial charge in [0.15, 0.2) is 4.96 Å². The number of aromatic nitrogens is 2. The summed E-state index contributed by atoms with van der Waals surface area (Å²) in [6, 6.07) is 19.9. The number of nitrogens with zero attached hydrogens (tertiary/aromatic N) is 2. The summed E-state index contributed by atoms with van der Waals surface area (Å²) in [5, 5.41) is 5.79. The Morgan fingerprint density at radius 3 is 2.47 bits per heavy atom. The molecule has 2 amide bonds. The fourth-order valence-electron chi connectivity index (χ4n) is 4.24. The molecular formula is C27H24N4O2S. The SMILES string of the molecule is CC(=O)Nc1ccc(-c2cn3c(n2)sc2ccccc23)cc1NC(=O)Cc1cc(C)cc(C)c1. The highest BCUT2D eigenvalue weighted by molar-refractivity contribution is 7.23. The Morgan fingerprint density at radius 1 is 0.941 bits per heavy atom. The molecule has 0 aliphatic carbocycles. The lowest BCUT2D eigenvalue weighted by molar-refractivity contribution is -0.116. The van der Waals surface area contributed by atoms with Crippen molar-refractivity contribution >= 4 is 49.7 Å². The number of hydrogen-bond donors (Lipinski definition) is 2. The first-order chi connectivity index (χ1) is 16.4. The minimum Gasteiger partial charge on any atom is -0.325 e. The number of thiazole rings is 1. The van der Waals surface area contributed by atoms with Crippen molar-refractivity contribution < 1.29 is 9.59 Å². The number of fused-ring (bicyclic) bond motifs is 3. The normalized spacial score (nSPS) is 11.1. The summed E-state index contributed by atoms with van der Waals surface area (Å²) in [5.74, 6) is -0.350. The molecule has 2 heterocycles. The molecule has 3 aromatic carbocycles. The molecule has 0 saturated carbocycles. The van der Waals surface area contributed by atoms with Gasteiger partial charge in [-0.05, 0) is 43.7 Å². The maximum atomic E-state index is 12.9. The number of hydrogen-bond acceptors (Lipinski definition) is 4. The van der Waals surface area contributed by atoms with Crippen LogP contribution in [0.5, 0.6) is 0 Å². The first kappa shape index (κ1) is 21.9. The van der Waals surface area contributed by atoms with Gasteiger partial charge in [-0.2, -0.15) is 0 Å². The van der Waals surface area contributed by atoms with Crippen LogP contribution >= 0.6 is 11.3 Å². The number of carbonyl (C=O) groups excluding carboxylic acids is 2. The zero-order valence-electron chi connectivity index (χ0n) is 19.2. The highest BCUT2D eigenvalue weighted by Crippen LogP contribution is 2.32. The van der Waals surface area contributed by atoms with E-state index in [9.17, 15) is 9.59 Å². The smallest absolute Gasteiger partial charge is 0.228 e. The molecular weight excluding hydrogens is 444 g/mol. The zero-order valence-corrected chi connectivity index (χ0v) is 20.0. The first-order valence-corrected chi connectivity index (χ1v) is 11.8. The lowest BCUT2D eigenvalue weighted by atomic mass is 10.0. The minimum absolute atomic E-state index is 0.148. The van der Waals surface area contributed by atoms with Crippen molar-refractivity contribution in [1.29, 1.82) is 0 Å². The Hall–Kier alpha value is -3.97. The van der Waals surface area contributed by atoms with Crippen LogP contribution in [0, 0.1) is 13.8 Å². The number of rotatable bonds is 5. The van der Waals surface area contributed by atoms with Crippen LogP contribution in [0.15, 0.2) is 66.9 Å². The summed E-state index contributed by atoms with van der Waals surface area (Å²) in [4.78, 5) is 30.3. The summed E-state index contributed by atoms with van der Waals surface area (Å²) in [6.07, 6.45) is 2.25. The van der Waals surface area contributed by atoms with Crippen LogP contribution in [0.2, 0.25) is 0 Å². The molecule has 0 aliphatic heterocycles. The van der Waals surface area contributed by atoms with Crippen molar-refractivity contribution in [3.05, 3.63) is 83.6 Å². The van der Waals surface area contributed by atoms with Gasteiger partial charge in [0.1, 0.15) is 0 Å². The lowest BCUT2D eigenvalue weighted by Crippen LogP contribution is -2.17. The summed E-state index contributed by atoms with van der Waals surface area (Å²) >= 11 is 1.63. The van der Waals surface area contributed by atoms with E-state index in [4.69, 9.17) is 4.98 Å². The Bertz CT molecular complexity index is 1540. The van der Waals surface area contributed by atoms with E-state index in [0.717, 1.165) is 38.4 Å². The Labute approximate surface area is 201 Å². The molecule has 0 unspecified atom stereocenters. The molecule has 5 aromatic rings. The number of benzene rings is 3. The van der Waals surface area contributed by atoms with E-state index in [1.54, 1.807) is 17.4 Å². The number of para-hydroxylation sites is 1. The van der Waals surface area contributed by atoms with Crippen molar-refractivity contribution in [2.24, 2.45) is 0 Å². The maximum absolute atomic E-state index is 12.9. The molecule has 2 aromatic heterocycles. The monoisotopic (exact) mass is 468 g/mol.